The number of halogens is 3. The molecule has 0 aliphatic carbocycles. The van der Waals surface area contributed by atoms with Gasteiger partial charge in [-0.3, -0.25) is 9.78 Å². The number of nitrogens with one attached hydrogen (secondary N) is 1. The van der Waals surface area contributed by atoms with Gasteiger partial charge in [-0.15, -0.1) is 0 Å². The van der Waals surface area contributed by atoms with Gasteiger partial charge in [0, 0.05) is 0 Å². The van der Waals surface area contributed by atoms with Gasteiger partial charge in [-0.25, -0.2) is 0 Å². The van der Waals surface area contributed by atoms with Crippen LogP contribution in [-0.4, -0.2) is 4.98 Å². The molecule has 0 bridgehead atoms. The predicted octanol–water partition coefficient (Wildman–Crippen LogP) is -1.59. The summed E-state index contributed by atoms with van der Waals surface area (Å²) in [5.41, 5.74) is 4.13. The summed E-state index contributed by atoms with van der Waals surface area (Å²) in [6.07, 6.45) is 0. The molecular weight excluding hydrogens is 233 g/mol. The van der Waals surface area contributed by atoms with Gasteiger partial charge in [-0.05, 0) is 0 Å². The number of anilines is 1. The van der Waals surface area contributed by atoms with Crippen LogP contribution in [0.4, 0.5) is 10.1 Å². The van der Waals surface area contributed by atoms with Crippen LogP contribution in [0.15, 0.2) is 4.79 Å². The summed E-state index contributed by atoms with van der Waals surface area (Å²) in [6, 6.07) is 0. The Balaban J connectivity index is 0.00000121. The fraction of sp³-hybridized carbons (Fsp3) is 0. The molecule has 0 aromatic carbocycles. The molecule has 0 atom stereocenters. The van der Waals surface area contributed by atoms with E-state index in [9.17, 15) is 9.18 Å². The predicted molar refractivity (Wildman–Crippen MR) is 41.5 cm³/mol. The summed E-state index contributed by atoms with van der Waals surface area (Å²) >= 11 is 10.6. The first-order valence-electron chi connectivity index (χ1n) is 2.56. The van der Waals surface area contributed by atoms with Crippen LogP contribution in [0.3, 0.4) is 0 Å². The van der Waals surface area contributed by atoms with Crippen molar-refractivity contribution < 1.29 is 55.8 Å². The van der Waals surface area contributed by atoms with Crippen molar-refractivity contribution in [2.24, 2.45) is 0 Å². The summed E-state index contributed by atoms with van der Waals surface area (Å²) < 4.78 is 12.5. The van der Waals surface area contributed by atoms with Crippen LogP contribution >= 0.6 is 23.2 Å². The number of hydrogen-bond acceptors (Lipinski definition) is 2. The van der Waals surface area contributed by atoms with Crippen molar-refractivity contribution in [3.8, 4) is 0 Å². The molecule has 0 saturated carbocycles. The van der Waals surface area contributed by atoms with E-state index in [1.54, 1.807) is 4.98 Å². The molecule has 0 radical (unpaired) electrons. The number of nitrogens with two attached hydrogens (primary N) is 1. The zero-order chi connectivity index (χ0) is 8.59. The van der Waals surface area contributed by atoms with E-state index in [0.717, 1.165) is 0 Å². The minimum Gasteiger partial charge on any atom is -0.396 e. The van der Waals surface area contributed by atoms with Gasteiger partial charge in [0.1, 0.15) is 10.0 Å². The SMILES string of the molecule is Nc1c(Cl)c(F)[nH]c(=O)c1Cl.[K+]. The minimum absolute atomic E-state index is 0. The number of nitrogen functional groups attached to an aromatic ring is 1. The van der Waals surface area contributed by atoms with E-state index in [0.29, 0.717) is 0 Å². The molecule has 12 heavy (non-hydrogen) atoms. The minimum atomic E-state index is -0.974. The number of hydrogen-bond donors (Lipinski definition) is 2. The maximum Gasteiger partial charge on any atom is 1.00 e. The van der Waals surface area contributed by atoms with E-state index in [1.807, 2.05) is 0 Å². The monoisotopic (exact) mass is 235 g/mol. The molecule has 0 aliphatic heterocycles. The fourth-order valence-corrected chi connectivity index (χ4v) is 0.878. The standard InChI is InChI=1S/C5H3Cl2FN2O.K/c6-1-3(9)2(7)5(11)10-4(1)8;/h(H3,9,10,11);/q;+1. The van der Waals surface area contributed by atoms with E-state index in [-0.39, 0.29) is 67.1 Å². The molecule has 1 rings (SSSR count). The van der Waals surface area contributed by atoms with Crippen LogP contribution in [0.1, 0.15) is 0 Å². The number of H-pyrrole nitrogens is 1. The maximum atomic E-state index is 12.5. The van der Waals surface area contributed by atoms with Crippen molar-refractivity contribution in [2.45, 2.75) is 0 Å². The van der Waals surface area contributed by atoms with Gasteiger partial charge in [0.25, 0.3) is 5.56 Å². The first-order valence-corrected chi connectivity index (χ1v) is 3.32. The van der Waals surface area contributed by atoms with E-state index >= 15 is 0 Å². The molecule has 0 saturated heterocycles. The van der Waals surface area contributed by atoms with Crippen LogP contribution in [0, 0.1) is 5.95 Å². The zero-order valence-electron chi connectivity index (χ0n) is 6.12. The van der Waals surface area contributed by atoms with Crippen LogP contribution in [0.25, 0.3) is 0 Å². The smallest absolute Gasteiger partial charge is 0.396 e. The third-order valence-corrected chi connectivity index (χ3v) is 1.83. The van der Waals surface area contributed by atoms with Crippen LogP contribution in [0.2, 0.25) is 10.0 Å². The molecule has 0 fully saturated rings. The number of rotatable bonds is 0. The first kappa shape index (κ1) is 12.9. The van der Waals surface area contributed by atoms with Crippen LogP contribution < -0.4 is 62.7 Å². The summed E-state index contributed by atoms with van der Waals surface area (Å²) in [4.78, 5) is 12.4. The normalized spacial score (nSPS) is 9.25. The van der Waals surface area contributed by atoms with Crippen molar-refractivity contribution in [3.05, 3.63) is 26.3 Å². The maximum absolute atomic E-state index is 12.5. The van der Waals surface area contributed by atoms with Gasteiger partial charge >= 0.3 is 51.4 Å². The quantitative estimate of drug-likeness (QED) is 0.421. The molecule has 7 heteroatoms. The second-order valence-corrected chi connectivity index (χ2v) is 2.57. The Morgan fingerprint density at radius 1 is 1.33 bits per heavy atom. The molecular formula is C5H3Cl2FKN2O+. The van der Waals surface area contributed by atoms with E-state index in [2.05, 4.69) is 0 Å². The van der Waals surface area contributed by atoms with Crippen molar-refractivity contribution in [3.63, 3.8) is 0 Å². The summed E-state index contributed by atoms with van der Waals surface area (Å²) in [7, 11) is 0. The third-order valence-electron chi connectivity index (χ3n) is 1.09. The van der Waals surface area contributed by atoms with Crippen LogP contribution in [0.5, 0.6) is 0 Å². The average molecular weight is 236 g/mol. The molecule has 1 aromatic rings. The molecule has 3 nitrogen and oxygen atoms in total. The Morgan fingerprint density at radius 3 is 2.33 bits per heavy atom. The van der Waals surface area contributed by atoms with Gasteiger partial charge < -0.3 is 5.73 Å². The molecule has 3 N–H and O–H groups in total. The van der Waals surface area contributed by atoms with Gasteiger partial charge in [0.05, 0.1) is 5.69 Å². The second kappa shape index (κ2) is 4.95. The molecule has 1 aromatic heterocycles. The van der Waals surface area contributed by atoms with Crippen molar-refractivity contribution in [1.82, 2.24) is 4.98 Å². The Hall–Kier alpha value is 0.896. The van der Waals surface area contributed by atoms with Gasteiger partial charge in [0.15, 0.2) is 0 Å². The van der Waals surface area contributed by atoms with Crippen molar-refractivity contribution in [1.29, 1.82) is 0 Å². The fourth-order valence-electron chi connectivity index (χ4n) is 0.546. The number of pyridine rings is 1. The topological polar surface area (TPSA) is 58.9 Å². The van der Waals surface area contributed by atoms with Crippen molar-refractivity contribution in [2.75, 3.05) is 5.73 Å². The van der Waals surface area contributed by atoms with Crippen molar-refractivity contribution >= 4 is 28.9 Å². The van der Waals surface area contributed by atoms with E-state index < -0.39 is 11.5 Å². The zero-order valence-corrected chi connectivity index (χ0v) is 10.8. The first-order chi connectivity index (χ1) is 5.04. The average Bonchev–Trinajstić information content (AvgIpc) is 1.97. The Labute approximate surface area is 120 Å². The van der Waals surface area contributed by atoms with E-state index in [4.69, 9.17) is 28.9 Å². The Morgan fingerprint density at radius 2 is 1.83 bits per heavy atom. The molecule has 60 valence electrons. The third kappa shape index (κ3) is 2.44. The van der Waals surface area contributed by atoms with Gasteiger partial charge in [-0.1, -0.05) is 23.2 Å². The Kier molecular flexibility index (Phi) is 5.32. The van der Waals surface area contributed by atoms with Gasteiger partial charge in [0.2, 0.25) is 5.95 Å². The Bertz CT molecular complexity index is 354. The molecule has 0 spiro atoms. The molecule has 1 heterocycles. The largest absolute Gasteiger partial charge is 1.00 e. The van der Waals surface area contributed by atoms with E-state index in [1.165, 1.54) is 0 Å². The molecule has 0 unspecified atom stereocenters. The molecule has 0 amide bonds. The molecule has 0 aliphatic rings. The summed E-state index contributed by atoms with van der Waals surface area (Å²) in [6.45, 7) is 0. The van der Waals surface area contributed by atoms with Gasteiger partial charge in [-0.2, -0.15) is 4.39 Å². The summed E-state index contributed by atoms with van der Waals surface area (Å²) in [5, 5.41) is -0.661. The second-order valence-electron chi connectivity index (χ2n) is 1.81. The number of aromatic amines is 1. The van der Waals surface area contributed by atoms with Crippen LogP contribution in [-0.2, 0) is 0 Å². The number of aromatic nitrogens is 1. The summed E-state index contributed by atoms with van der Waals surface area (Å²) in [5.74, 6) is -0.974.